The van der Waals surface area contributed by atoms with E-state index in [1.165, 1.54) is 10.4 Å². The summed E-state index contributed by atoms with van der Waals surface area (Å²) in [6, 6.07) is 12.0. The van der Waals surface area contributed by atoms with Crippen LogP contribution in [0, 0.1) is 0 Å². The van der Waals surface area contributed by atoms with Crippen LogP contribution in [0.4, 0.5) is 11.5 Å². The largest absolute Gasteiger partial charge is 0.477 e. The molecule has 0 aliphatic carbocycles. The van der Waals surface area contributed by atoms with Gasteiger partial charge in [0, 0.05) is 13.1 Å². The van der Waals surface area contributed by atoms with E-state index in [0.717, 1.165) is 5.56 Å². The Morgan fingerprint density at radius 1 is 1.25 bits per heavy atom. The van der Waals surface area contributed by atoms with E-state index in [2.05, 4.69) is 10.3 Å². The lowest BCUT2D eigenvalue weighted by atomic mass is 10.2. The number of rotatable bonds is 5. The first kappa shape index (κ1) is 16.3. The maximum Gasteiger partial charge on any atom is 0.354 e. The SMILES string of the molecule is O=C(O)c1cccc(NCc2cccc(N3CCCS3(=O)=O)c2)n1. The van der Waals surface area contributed by atoms with Crippen LogP contribution < -0.4 is 9.62 Å². The molecule has 1 aromatic heterocycles. The molecule has 1 aliphatic rings. The molecule has 126 valence electrons. The molecule has 1 aromatic carbocycles. The average Bonchev–Trinajstić information content (AvgIpc) is 2.93. The van der Waals surface area contributed by atoms with Gasteiger partial charge in [-0.3, -0.25) is 4.31 Å². The van der Waals surface area contributed by atoms with Crippen molar-refractivity contribution in [1.29, 1.82) is 0 Å². The van der Waals surface area contributed by atoms with Crippen LogP contribution in [0.2, 0.25) is 0 Å². The van der Waals surface area contributed by atoms with Gasteiger partial charge in [0.2, 0.25) is 10.0 Å². The van der Waals surface area contributed by atoms with Gasteiger partial charge in [0.25, 0.3) is 0 Å². The number of hydrogen-bond acceptors (Lipinski definition) is 5. The summed E-state index contributed by atoms with van der Waals surface area (Å²) in [5.74, 6) is -0.449. The van der Waals surface area contributed by atoms with Crippen LogP contribution in [0.1, 0.15) is 22.5 Å². The quantitative estimate of drug-likeness (QED) is 0.857. The van der Waals surface area contributed by atoms with Gasteiger partial charge in [0.15, 0.2) is 5.69 Å². The van der Waals surface area contributed by atoms with Gasteiger partial charge < -0.3 is 10.4 Å². The number of pyridine rings is 1. The van der Waals surface area contributed by atoms with Crippen molar-refractivity contribution >= 4 is 27.5 Å². The summed E-state index contributed by atoms with van der Waals surface area (Å²) < 4.78 is 25.4. The van der Waals surface area contributed by atoms with Gasteiger partial charge >= 0.3 is 5.97 Å². The second-order valence-corrected chi connectivity index (χ2v) is 7.49. The molecule has 8 heteroatoms. The summed E-state index contributed by atoms with van der Waals surface area (Å²) in [7, 11) is -3.20. The molecule has 7 nitrogen and oxygen atoms in total. The fourth-order valence-electron chi connectivity index (χ4n) is 2.60. The molecule has 2 N–H and O–H groups in total. The summed E-state index contributed by atoms with van der Waals surface area (Å²) in [5, 5.41) is 12.0. The third-order valence-corrected chi connectivity index (χ3v) is 5.61. The minimum Gasteiger partial charge on any atom is -0.477 e. The second-order valence-electron chi connectivity index (χ2n) is 5.48. The number of carboxylic acid groups (broad SMARTS) is 1. The molecule has 1 aliphatic heterocycles. The van der Waals surface area contributed by atoms with Gasteiger partial charge in [0.05, 0.1) is 11.4 Å². The number of nitrogens with one attached hydrogen (secondary N) is 1. The summed E-state index contributed by atoms with van der Waals surface area (Å²) >= 11 is 0. The summed E-state index contributed by atoms with van der Waals surface area (Å²) in [4.78, 5) is 14.9. The van der Waals surface area contributed by atoms with Crippen molar-refractivity contribution in [1.82, 2.24) is 4.98 Å². The Hall–Kier alpha value is -2.61. The average molecular weight is 347 g/mol. The standard InChI is InChI=1S/C16H17N3O4S/c20-16(21)14-6-2-7-15(18-14)17-11-12-4-1-5-13(10-12)19-8-3-9-24(19,22)23/h1-2,4-7,10H,3,8-9,11H2,(H,17,18)(H,20,21). The Bertz CT molecular complexity index is 867. The van der Waals surface area contributed by atoms with Crippen LogP contribution in [-0.2, 0) is 16.6 Å². The third-order valence-electron chi connectivity index (χ3n) is 3.74. The van der Waals surface area contributed by atoms with Crippen molar-refractivity contribution in [3.05, 3.63) is 53.7 Å². The van der Waals surface area contributed by atoms with Gasteiger partial charge in [-0.25, -0.2) is 18.2 Å². The van der Waals surface area contributed by atoms with Crippen LogP contribution in [0.25, 0.3) is 0 Å². The molecule has 3 rings (SSSR count). The number of carbonyl (C=O) groups is 1. The lowest BCUT2D eigenvalue weighted by molar-refractivity contribution is 0.0690. The Morgan fingerprint density at radius 3 is 2.75 bits per heavy atom. The molecule has 2 heterocycles. The minimum atomic E-state index is -3.20. The van der Waals surface area contributed by atoms with Crippen LogP contribution in [0.15, 0.2) is 42.5 Å². The summed E-state index contributed by atoms with van der Waals surface area (Å²) in [6.07, 6.45) is 0.636. The topological polar surface area (TPSA) is 99.6 Å². The highest BCUT2D eigenvalue weighted by atomic mass is 32.2. The highest BCUT2D eigenvalue weighted by molar-refractivity contribution is 7.93. The number of carboxylic acids is 1. The predicted molar refractivity (Wildman–Crippen MR) is 90.7 cm³/mol. The number of sulfonamides is 1. The van der Waals surface area contributed by atoms with Gasteiger partial charge in [-0.1, -0.05) is 18.2 Å². The third kappa shape index (κ3) is 3.48. The maximum atomic E-state index is 12.0. The van der Waals surface area contributed by atoms with E-state index in [4.69, 9.17) is 5.11 Å². The number of nitrogens with zero attached hydrogens (tertiary/aromatic N) is 2. The molecular weight excluding hydrogens is 330 g/mol. The minimum absolute atomic E-state index is 0.0306. The van der Waals surface area contributed by atoms with Crippen molar-refractivity contribution in [2.75, 3.05) is 21.9 Å². The smallest absolute Gasteiger partial charge is 0.354 e. The molecule has 0 radical (unpaired) electrons. The van der Waals surface area contributed by atoms with E-state index in [1.54, 1.807) is 24.3 Å². The first-order chi connectivity index (χ1) is 11.5. The fraction of sp³-hybridized carbons (Fsp3) is 0.250. The zero-order valence-corrected chi connectivity index (χ0v) is 13.7. The number of aromatic nitrogens is 1. The number of anilines is 2. The Kier molecular flexibility index (Phi) is 4.39. The van der Waals surface area contributed by atoms with E-state index in [9.17, 15) is 13.2 Å². The maximum absolute atomic E-state index is 12.0. The van der Waals surface area contributed by atoms with E-state index < -0.39 is 16.0 Å². The van der Waals surface area contributed by atoms with Crippen molar-refractivity contribution < 1.29 is 18.3 Å². The van der Waals surface area contributed by atoms with Crippen LogP contribution in [0.5, 0.6) is 0 Å². The molecule has 1 saturated heterocycles. The molecule has 0 unspecified atom stereocenters. The lowest BCUT2D eigenvalue weighted by Crippen LogP contribution is -2.25. The van der Waals surface area contributed by atoms with E-state index in [1.807, 2.05) is 12.1 Å². The lowest BCUT2D eigenvalue weighted by Gasteiger charge is -2.17. The monoisotopic (exact) mass is 347 g/mol. The molecule has 1 fully saturated rings. The van der Waals surface area contributed by atoms with Crippen molar-refractivity contribution in [2.45, 2.75) is 13.0 Å². The van der Waals surface area contributed by atoms with Crippen molar-refractivity contribution in [2.24, 2.45) is 0 Å². The Balaban J connectivity index is 1.74. The highest BCUT2D eigenvalue weighted by Gasteiger charge is 2.28. The Labute approximate surface area is 140 Å². The van der Waals surface area contributed by atoms with Gasteiger partial charge in [-0.15, -0.1) is 0 Å². The number of aromatic carboxylic acids is 1. The summed E-state index contributed by atoms with van der Waals surface area (Å²) in [5.41, 5.74) is 1.51. The normalized spacial score (nSPS) is 16.1. The van der Waals surface area contributed by atoms with E-state index in [-0.39, 0.29) is 11.4 Å². The van der Waals surface area contributed by atoms with E-state index in [0.29, 0.717) is 31.0 Å². The van der Waals surface area contributed by atoms with Crippen LogP contribution >= 0.6 is 0 Å². The first-order valence-corrected chi connectivity index (χ1v) is 9.10. The molecule has 0 atom stereocenters. The molecule has 0 saturated carbocycles. The predicted octanol–water partition coefficient (Wildman–Crippen LogP) is 1.93. The molecule has 24 heavy (non-hydrogen) atoms. The van der Waals surface area contributed by atoms with Gasteiger partial charge in [0.1, 0.15) is 5.82 Å². The van der Waals surface area contributed by atoms with Crippen LogP contribution in [-0.4, -0.2) is 36.8 Å². The number of hydrogen-bond donors (Lipinski definition) is 2. The molecule has 0 bridgehead atoms. The highest BCUT2D eigenvalue weighted by Crippen LogP contribution is 2.25. The van der Waals surface area contributed by atoms with E-state index >= 15 is 0 Å². The van der Waals surface area contributed by atoms with Gasteiger partial charge in [-0.2, -0.15) is 0 Å². The fourth-order valence-corrected chi connectivity index (χ4v) is 4.15. The van der Waals surface area contributed by atoms with Gasteiger partial charge in [-0.05, 0) is 36.2 Å². The zero-order valence-electron chi connectivity index (χ0n) is 12.8. The molecule has 0 amide bonds. The molecule has 0 spiro atoms. The molecular formula is C16H17N3O4S. The zero-order chi connectivity index (χ0) is 17.2. The van der Waals surface area contributed by atoms with Crippen molar-refractivity contribution in [3.8, 4) is 0 Å². The second kappa shape index (κ2) is 6.48. The molecule has 2 aromatic rings. The number of benzene rings is 1. The summed E-state index contributed by atoms with van der Waals surface area (Å²) in [6.45, 7) is 0.916. The van der Waals surface area contributed by atoms with Crippen molar-refractivity contribution in [3.63, 3.8) is 0 Å². The first-order valence-electron chi connectivity index (χ1n) is 7.49. The van der Waals surface area contributed by atoms with Crippen LogP contribution in [0.3, 0.4) is 0 Å². The Morgan fingerprint density at radius 2 is 2.04 bits per heavy atom.